The van der Waals surface area contributed by atoms with E-state index >= 15 is 0 Å². The summed E-state index contributed by atoms with van der Waals surface area (Å²) in [5.41, 5.74) is 4.03. The summed E-state index contributed by atoms with van der Waals surface area (Å²) in [6.07, 6.45) is 1.73. The molecule has 0 unspecified atom stereocenters. The molecule has 3 aromatic heterocycles. The van der Waals surface area contributed by atoms with Gasteiger partial charge in [-0.3, -0.25) is 14.7 Å². The highest BCUT2D eigenvalue weighted by molar-refractivity contribution is 7.22. The Morgan fingerprint density at radius 2 is 2.00 bits per heavy atom. The van der Waals surface area contributed by atoms with Crippen LogP contribution in [0.3, 0.4) is 0 Å². The Hall–Kier alpha value is -2.28. The smallest absolute Gasteiger partial charge is 0.270 e. The van der Waals surface area contributed by atoms with Gasteiger partial charge in [0, 0.05) is 6.20 Å². The maximum Gasteiger partial charge on any atom is 0.270 e. The summed E-state index contributed by atoms with van der Waals surface area (Å²) in [7, 11) is 0. The Kier molecular flexibility index (Phi) is 4.95. The number of halogens is 1. The third-order valence-corrected chi connectivity index (χ3v) is 6.37. The fourth-order valence-electron chi connectivity index (χ4n) is 2.92. The summed E-state index contributed by atoms with van der Waals surface area (Å²) in [5, 5.41) is 0.666. The molecule has 1 amide bonds. The lowest BCUT2D eigenvalue weighted by molar-refractivity contribution is 0.0988. The van der Waals surface area contributed by atoms with Gasteiger partial charge >= 0.3 is 0 Å². The van der Waals surface area contributed by atoms with Crippen molar-refractivity contribution in [1.82, 2.24) is 9.97 Å². The van der Waals surface area contributed by atoms with E-state index in [1.54, 1.807) is 23.2 Å². The fourth-order valence-corrected chi connectivity index (χ4v) is 5.05. The number of carbonyl (C=O) groups excluding carboxylic acids is 1. The molecule has 4 nitrogen and oxygen atoms in total. The first-order chi connectivity index (χ1) is 13.0. The van der Waals surface area contributed by atoms with E-state index in [-0.39, 0.29) is 5.91 Å². The fraction of sp³-hybridized carbons (Fsp3) is 0.150. The molecule has 0 saturated heterocycles. The van der Waals surface area contributed by atoms with Gasteiger partial charge in [0.1, 0.15) is 0 Å². The quantitative estimate of drug-likeness (QED) is 0.420. The highest BCUT2D eigenvalue weighted by Gasteiger charge is 2.24. The van der Waals surface area contributed by atoms with Gasteiger partial charge in [0.25, 0.3) is 5.91 Å². The number of nitrogens with zero attached hydrogens (tertiary/aromatic N) is 3. The molecular formula is C20H16ClN3OS2. The Labute approximate surface area is 170 Å². The molecule has 1 aromatic carbocycles. The van der Waals surface area contributed by atoms with Crippen LogP contribution in [0.5, 0.6) is 0 Å². The molecule has 0 spiro atoms. The van der Waals surface area contributed by atoms with Gasteiger partial charge in [-0.2, -0.15) is 0 Å². The predicted molar refractivity (Wildman–Crippen MR) is 113 cm³/mol. The SMILES string of the molecule is Cc1cc(C)c2nc(N(Cc3ccccn3)C(=O)c3ccc(Cl)s3)sc2c1. The minimum absolute atomic E-state index is 0.119. The van der Waals surface area contributed by atoms with E-state index in [1.807, 2.05) is 25.1 Å². The van der Waals surface area contributed by atoms with Gasteiger partial charge in [-0.05, 0) is 55.3 Å². The van der Waals surface area contributed by atoms with Crippen molar-refractivity contribution in [2.45, 2.75) is 20.4 Å². The topological polar surface area (TPSA) is 46.1 Å². The lowest BCUT2D eigenvalue weighted by atomic mass is 10.1. The molecule has 136 valence electrons. The lowest BCUT2D eigenvalue weighted by Crippen LogP contribution is -2.30. The van der Waals surface area contributed by atoms with Gasteiger partial charge in [0.2, 0.25) is 0 Å². The number of pyridine rings is 1. The van der Waals surface area contributed by atoms with Crippen molar-refractivity contribution in [1.29, 1.82) is 0 Å². The highest BCUT2D eigenvalue weighted by atomic mass is 35.5. The summed E-state index contributed by atoms with van der Waals surface area (Å²) in [5.74, 6) is -0.119. The van der Waals surface area contributed by atoms with Gasteiger partial charge < -0.3 is 0 Å². The molecule has 0 N–H and O–H groups in total. The highest BCUT2D eigenvalue weighted by Crippen LogP contribution is 2.34. The zero-order chi connectivity index (χ0) is 19.0. The minimum Gasteiger partial charge on any atom is -0.277 e. The van der Waals surface area contributed by atoms with Crippen molar-refractivity contribution >= 4 is 55.5 Å². The molecule has 3 heterocycles. The number of fused-ring (bicyclic) bond motifs is 1. The number of aryl methyl sites for hydroxylation is 2. The summed E-state index contributed by atoms with van der Waals surface area (Å²) >= 11 is 8.83. The second-order valence-electron chi connectivity index (χ2n) is 6.24. The summed E-state index contributed by atoms with van der Waals surface area (Å²) in [6, 6.07) is 13.4. The maximum absolute atomic E-state index is 13.2. The van der Waals surface area contributed by atoms with E-state index in [0.29, 0.717) is 20.9 Å². The molecule has 0 saturated carbocycles. The van der Waals surface area contributed by atoms with Gasteiger partial charge in [-0.25, -0.2) is 4.98 Å². The number of amides is 1. The largest absolute Gasteiger partial charge is 0.277 e. The van der Waals surface area contributed by atoms with Crippen molar-refractivity contribution in [3.8, 4) is 0 Å². The molecule has 0 bridgehead atoms. The number of aromatic nitrogens is 2. The second kappa shape index (κ2) is 7.38. The number of rotatable bonds is 4. The van der Waals surface area contributed by atoms with Crippen LogP contribution in [0.4, 0.5) is 5.13 Å². The van der Waals surface area contributed by atoms with Crippen LogP contribution in [0, 0.1) is 13.8 Å². The lowest BCUT2D eigenvalue weighted by Gasteiger charge is -2.18. The number of thiophene rings is 1. The monoisotopic (exact) mass is 413 g/mol. The molecule has 0 aliphatic rings. The second-order valence-corrected chi connectivity index (χ2v) is 8.97. The zero-order valence-corrected chi connectivity index (χ0v) is 17.2. The van der Waals surface area contributed by atoms with Crippen LogP contribution in [0.1, 0.15) is 26.5 Å². The molecule has 4 aromatic rings. The first-order valence-electron chi connectivity index (χ1n) is 8.36. The molecule has 0 atom stereocenters. The van der Waals surface area contributed by atoms with Crippen LogP contribution in [0.25, 0.3) is 10.2 Å². The third kappa shape index (κ3) is 3.74. The Balaban J connectivity index is 1.79. The number of hydrogen-bond acceptors (Lipinski definition) is 5. The van der Waals surface area contributed by atoms with Crippen LogP contribution in [0.15, 0.2) is 48.7 Å². The number of hydrogen-bond donors (Lipinski definition) is 0. The Bertz CT molecular complexity index is 1120. The summed E-state index contributed by atoms with van der Waals surface area (Å²) in [6.45, 7) is 4.46. The van der Waals surface area contributed by atoms with E-state index in [4.69, 9.17) is 16.6 Å². The number of thiazole rings is 1. The average molecular weight is 414 g/mol. The van der Waals surface area contributed by atoms with Crippen molar-refractivity contribution in [2.24, 2.45) is 0 Å². The van der Waals surface area contributed by atoms with Crippen LogP contribution in [-0.2, 0) is 6.54 Å². The molecular weight excluding hydrogens is 398 g/mol. The van der Waals surface area contributed by atoms with Gasteiger partial charge in [0.05, 0.1) is 31.7 Å². The van der Waals surface area contributed by atoms with Crippen molar-refractivity contribution in [2.75, 3.05) is 4.90 Å². The minimum atomic E-state index is -0.119. The Morgan fingerprint density at radius 3 is 2.70 bits per heavy atom. The summed E-state index contributed by atoms with van der Waals surface area (Å²) < 4.78 is 1.66. The van der Waals surface area contributed by atoms with Crippen LogP contribution in [-0.4, -0.2) is 15.9 Å². The Morgan fingerprint density at radius 1 is 1.15 bits per heavy atom. The molecule has 0 radical (unpaired) electrons. The zero-order valence-electron chi connectivity index (χ0n) is 14.8. The molecule has 4 rings (SSSR count). The molecule has 0 aliphatic carbocycles. The molecule has 0 fully saturated rings. The van der Waals surface area contributed by atoms with Crippen LogP contribution >= 0.6 is 34.3 Å². The van der Waals surface area contributed by atoms with Crippen molar-refractivity contribution in [3.05, 3.63) is 74.7 Å². The van der Waals surface area contributed by atoms with E-state index < -0.39 is 0 Å². The van der Waals surface area contributed by atoms with E-state index in [2.05, 4.69) is 24.0 Å². The van der Waals surface area contributed by atoms with Crippen molar-refractivity contribution in [3.63, 3.8) is 0 Å². The van der Waals surface area contributed by atoms with E-state index in [1.165, 1.54) is 28.2 Å². The first-order valence-corrected chi connectivity index (χ1v) is 10.4. The number of carbonyl (C=O) groups is 1. The molecule has 27 heavy (non-hydrogen) atoms. The van der Waals surface area contributed by atoms with Crippen molar-refractivity contribution < 1.29 is 4.79 Å². The van der Waals surface area contributed by atoms with Gasteiger partial charge in [-0.1, -0.05) is 35.1 Å². The maximum atomic E-state index is 13.2. The summed E-state index contributed by atoms with van der Waals surface area (Å²) in [4.78, 5) is 24.6. The van der Waals surface area contributed by atoms with Crippen LogP contribution in [0.2, 0.25) is 4.34 Å². The average Bonchev–Trinajstić information content (AvgIpc) is 3.26. The number of benzene rings is 1. The third-order valence-electron chi connectivity index (χ3n) is 4.12. The normalized spacial score (nSPS) is 11.1. The molecule has 7 heteroatoms. The number of anilines is 1. The van der Waals surface area contributed by atoms with E-state index in [0.717, 1.165) is 21.5 Å². The van der Waals surface area contributed by atoms with Crippen LogP contribution < -0.4 is 4.90 Å². The molecule has 0 aliphatic heterocycles. The van der Waals surface area contributed by atoms with Gasteiger partial charge in [0.15, 0.2) is 5.13 Å². The van der Waals surface area contributed by atoms with E-state index in [9.17, 15) is 4.79 Å². The van der Waals surface area contributed by atoms with Gasteiger partial charge in [-0.15, -0.1) is 11.3 Å². The standard InChI is InChI=1S/C20H16ClN3OS2/c1-12-9-13(2)18-16(10-12)27-20(23-18)24(11-14-5-3-4-8-22-14)19(25)15-6-7-17(21)26-15/h3-10H,11H2,1-2H3. The first kappa shape index (κ1) is 18.1. The predicted octanol–water partition coefficient (Wildman–Crippen LogP) is 5.87.